The zero-order chi connectivity index (χ0) is 50.0. The number of hydrogen-bond donors (Lipinski definition) is 9. The molecule has 0 spiro atoms. The number of hydrogen-bond acceptors (Lipinski definition) is 15. The summed E-state index contributed by atoms with van der Waals surface area (Å²) in [7, 11) is -16.6. The highest BCUT2D eigenvalue weighted by Gasteiger charge is 2.56. The van der Waals surface area contributed by atoms with Gasteiger partial charge in [-0.05, 0) is 64.2 Å². The molecule has 402 valence electrons. The summed E-state index contributed by atoms with van der Waals surface area (Å²) in [6, 6.07) is 0. The summed E-state index contributed by atoms with van der Waals surface area (Å²) >= 11 is 0. The second kappa shape index (κ2) is 39.2. The van der Waals surface area contributed by atoms with Crippen LogP contribution in [0.3, 0.4) is 0 Å². The molecule has 1 aliphatic carbocycles. The Morgan fingerprint density at radius 3 is 1.24 bits per heavy atom. The van der Waals surface area contributed by atoms with Crippen LogP contribution in [0.4, 0.5) is 0 Å². The summed E-state index contributed by atoms with van der Waals surface area (Å²) in [5.41, 5.74) is 0. The molecule has 0 heterocycles. The molecule has 0 bridgehead atoms. The fourth-order valence-corrected chi connectivity index (χ4v) is 9.61. The van der Waals surface area contributed by atoms with Crippen LogP contribution in [0.2, 0.25) is 0 Å². The van der Waals surface area contributed by atoms with Crippen LogP contribution in [0.5, 0.6) is 0 Å². The van der Waals surface area contributed by atoms with Crippen LogP contribution >= 0.6 is 23.5 Å². The van der Waals surface area contributed by atoms with Crippen LogP contribution in [0.25, 0.3) is 0 Å². The van der Waals surface area contributed by atoms with Gasteiger partial charge in [0, 0.05) is 12.8 Å². The van der Waals surface area contributed by atoms with Gasteiger partial charge in [0.15, 0.2) is 6.10 Å². The van der Waals surface area contributed by atoms with E-state index in [4.69, 9.17) is 18.5 Å². The van der Waals surface area contributed by atoms with Gasteiger partial charge in [-0.1, -0.05) is 141 Å². The largest absolute Gasteiger partial charge is 0.472 e. The molecule has 1 fully saturated rings. The number of carbonyl (C=O) groups excluding carboxylic acids is 2. The molecular weight excluding hydrogens is 951 g/mol. The Balaban J connectivity index is 0.0000449. The van der Waals surface area contributed by atoms with E-state index in [1.54, 1.807) is 0 Å². The smallest absolute Gasteiger partial charge is 0.462 e. The fourth-order valence-electron chi connectivity index (χ4n) is 7.51. The SMILES string of the molecule is CCCCCCCCC=CCCCCCCCC(=O)OCC(COP(=O)(O)OC1C(O)C(O)C(OP(=O)(O)O)C(OP(=O)(O)O)C1O)OC(=O)CCCCCCCC=CCCCCCCCC.N. The molecule has 0 aromatic heterocycles. The number of allylic oxidation sites excluding steroid dienone is 4. The molecule has 23 heteroatoms. The predicted octanol–water partition coefficient (Wildman–Crippen LogP) is 9.23. The molecule has 1 saturated carbocycles. The molecule has 11 N–H and O–H groups in total. The third-order valence-electron chi connectivity index (χ3n) is 11.2. The van der Waals surface area contributed by atoms with Crippen LogP contribution in [0.1, 0.15) is 194 Å². The summed E-state index contributed by atoms with van der Waals surface area (Å²) in [4.78, 5) is 73.2. The summed E-state index contributed by atoms with van der Waals surface area (Å²) in [5, 5.41) is 31.9. The van der Waals surface area contributed by atoms with Gasteiger partial charge in [-0.2, -0.15) is 0 Å². The number of ether oxygens (including phenoxy) is 2. The Morgan fingerprint density at radius 1 is 0.471 bits per heavy atom. The van der Waals surface area contributed by atoms with Gasteiger partial charge in [0.05, 0.1) is 6.61 Å². The summed E-state index contributed by atoms with van der Waals surface area (Å²) < 4.78 is 65.5. The maximum Gasteiger partial charge on any atom is 0.472 e. The van der Waals surface area contributed by atoms with Crippen molar-refractivity contribution in [3.63, 3.8) is 0 Å². The molecule has 0 radical (unpaired) electrons. The van der Waals surface area contributed by atoms with E-state index >= 15 is 0 Å². The lowest BCUT2D eigenvalue weighted by Gasteiger charge is -2.44. The maximum atomic E-state index is 13.1. The number of aliphatic hydroxyl groups excluding tert-OH is 3. The quantitative estimate of drug-likeness (QED) is 0.0119. The van der Waals surface area contributed by atoms with Crippen molar-refractivity contribution in [2.24, 2.45) is 0 Å². The number of unbranched alkanes of at least 4 members (excludes halogenated alkanes) is 22. The van der Waals surface area contributed by atoms with E-state index in [-0.39, 0.29) is 19.0 Å². The predicted molar refractivity (Wildman–Crippen MR) is 257 cm³/mol. The standard InChI is InChI=1S/C45H85O19P3.H3N/c1-3-5-7-9-11-13-15-17-19-21-23-25-27-29-31-33-38(46)59-35-37(61-39(47)34-32-30-28-26-24-22-20-18-16-14-12-10-8-6-4-2)36-60-67(57,58)64-43-40(48)41(49)44(62-65(51,52)53)45(42(43)50)63-66(54,55)56;/h17-20,37,40-45,48-50H,3-16,21-36H2,1-2H3,(H,57,58)(H2,51,52,53)(H2,54,55,56);1H3. The Labute approximate surface area is 405 Å². The van der Waals surface area contributed by atoms with Crippen molar-refractivity contribution in [1.82, 2.24) is 6.15 Å². The molecule has 1 rings (SSSR count). The highest BCUT2D eigenvalue weighted by molar-refractivity contribution is 7.47. The van der Waals surface area contributed by atoms with Gasteiger partial charge in [0.2, 0.25) is 0 Å². The van der Waals surface area contributed by atoms with Gasteiger partial charge >= 0.3 is 35.4 Å². The lowest BCUT2D eigenvalue weighted by Crippen LogP contribution is -2.65. The van der Waals surface area contributed by atoms with Gasteiger partial charge < -0.3 is 55.4 Å². The number of phosphoric ester groups is 3. The molecule has 0 saturated heterocycles. The van der Waals surface area contributed by atoms with Crippen molar-refractivity contribution < 1.29 is 90.6 Å². The van der Waals surface area contributed by atoms with Gasteiger partial charge in [-0.3, -0.25) is 27.7 Å². The Bertz CT molecular complexity index is 1510. The van der Waals surface area contributed by atoms with Crippen LogP contribution in [0.15, 0.2) is 24.3 Å². The highest BCUT2D eigenvalue weighted by Crippen LogP contribution is 2.51. The lowest BCUT2D eigenvalue weighted by molar-refractivity contribution is -0.213. The van der Waals surface area contributed by atoms with E-state index < -0.39 is 91.3 Å². The number of phosphoric acid groups is 3. The topological polar surface area (TPSA) is 338 Å². The van der Waals surface area contributed by atoms with Crippen molar-refractivity contribution in [3.05, 3.63) is 24.3 Å². The molecule has 8 unspecified atom stereocenters. The average Bonchev–Trinajstić information content (AvgIpc) is 3.25. The van der Waals surface area contributed by atoms with Crippen molar-refractivity contribution in [1.29, 1.82) is 0 Å². The van der Waals surface area contributed by atoms with Crippen LogP contribution in [0, 0.1) is 0 Å². The van der Waals surface area contributed by atoms with Crippen molar-refractivity contribution in [3.8, 4) is 0 Å². The molecule has 20 nitrogen and oxygen atoms in total. The normalized spacial score (nSPS) is 21.4. The monoisotopic (exact) mass is 1040 g/mol. The molecule has 1 aliphatic rings. The van der Waals surface area contributed by atoms with E-state index in [2.05, 4.69) is 47.2 Å². The van der Waals surface area contributed by atoms with E-state index in [0.717, 1.165) is 77.0 Å². The van der Waals surface area contributed by atoms with Crippen molar-refractivity contribution in [2.75, 3.05) is 13.2 Å². The Hall–Kier alpha value is -1.41. The second-order valence-electron chi connectivity index (χ2n) is 17.4. The Kier molecular flexibility index (Phi) is 38.3. The number of esters is 2. The van der Waals surface area contributed by atoms with Crippen molar-refractivity contribution >= 4 is 35.4 Å². The van der Waals surface area contributed by atoms with Crippen LogP contribution < -0.4 is 6.15 Å². The van der Waals surface area contributed by atoms with E-state index in [1.807, 2.05) is 0 Å². The minimum Gasteiger partial charge on any atom is -0.462 e. The van der Waals surface area contributed by atoms with Crippen molar-refractivity contribution in [2.45, 2.75) is 236 Å². The molecule has 0 amide bonds. The zero-order valence-electron chi connectivity index (χ0n) is 40.7. The fraction of sp³-hybridized carbons (Fsp3) is 0.867. The first-order valence-corrected chi connectivity index (χ1v) is 29.2. The first kappa shape index (κ1) is 66.6. The lowest BCUT2D eigenvalue weighted by atomic mass is 9.85. The number of aliphatic hydroxyl groups is 3. The number of carbonyl (C=O) groups is 2. The third kappa shape index (κ3) is 34.8. The number of rotatable bonds is 42. The molecule has 0 aromatic carbocycles. The molecule has 8 atom stereocenters. The zero-order valence-corrected chi connectivity index (χ0v) is 43.4. The van der Waals surface area contributed by atoms with E-state index in [9.17, 15) is 63.1 Å². The summed E-state index contributed by atoms with van der Waals surface area (Å²) in [6.07, 6.45) is 20.5. The minimum atomic E-state index is -5.60. The molecule has 0 aromatic rings. The van der Waals surface area contributed by atoms with Gasteiger partial charge in [-0.15, -0.1) is 0 Å². The van der Waals surface area contributed by atoms with Gasteiger partial charge in [-0.25, -0.2) is 13.7 Å². The minimum absolute atomic E-state index is 0. The molecule has 68 heavy (non-hydrogen) atoms. The molecular formula is C45H88NO19P3. The summed E-state index contributed by atoms with van der Waals surface area (Å²) in [6.45, 7) is 2.93. The molecule has 0 aliphatic heterocycles. The highest BCUT2D eigenvalue weighted by atomic mass is 31.2. The average molecular weight is 1040 g/mol. The first-order chi connectivity index (χ1) is 31.8. The van der Waals surface area contributed by atoms with E-state index in [1.165, 1.54) is 77.0 Å². The summed E-state index contributed by atoms with van der Waals surface area (Å²) in [5.74, 6) is -1.31. The van der Waals surface area contributed by atoms with Gasteiger partial charge in [0.1, 0.15) is 43.2 Å². The maximum absolute atomic E-state index is 13.1. The second-order valence-corrected chi connectivity index (χ2v) is 21.2. The Morgan fingerprint density at radius 2 is 0.824 bits per heavy atom. The van der Waals surface area contributed by atoms with Gasteiger partial charge in [0.25, 0.3) is 0 Å². The first-order valence-electron chi connectivity index (χ1n) is 24.6. The van der Waals surface area contributed by atoms with Crippen LogP contribution in [-0.2, 0) is 50.9 Å². The van der Waals surface area contributed by atoms with E-state index in [0.29, 0.717) is 12.8 Å². The van der Waals surface area contributed by atoms with Crippen LogP contribution in [-0.4, -0.2) is 108 Å². The third-order valence-corrected chi connectivity index (χ3v) is 13.3.